The van der Waals surface area contributed by atoms with Crippen molar-refractivity contribution in [3.8, 4) is 5.88 Å². The Labute approximate surface area is 125 Å². The van der Waals surface area contributed by atoms with E-state index in [0.29, 0.717) is 18.1 Å². The molecule has 0 spiro atoms. The van der Waals surface area contributed by atoms with Crippen LogP contribution < -0.4 is 10.5 Å². The molecule has 0 unspecified atom stereocenters. The first-order valence-corrected chi connectivity index (χ1v) is 7.19. The normalized spacial score (nSPS) is 11.7. The zero-order valence-electron chi connectivity index (χ0n) is 11.1. The number of rotatable bonds is 4. The Morgan fingerprint density at radius 1 is 1.29 bits per heavy atom. The molecule has 0 fully saturated rings. The molecule has 21 heavy (non-hydrogen) atoms. The monoisotopic (exact) mass is 299 g/mol. The van der Waals surface area contributed by atoms with Crippen LogP contribution in [-0.4, -0.2) is 16.0 Å². The summed E-state index contributed by atoms with van der Waals surface area (Å²) in [6.45, 7) is 0.443. The Morgan fingerprint density at radius 3 is 2.90 bits per heavy atom. The largest absolute Gasteiger partial charge is 0.472 e. The van der Waals surface area contributed by atoms with Crippen molar-refractivity contribution in [3.05, 3.63) is 58.3 Å². The van der Waals surface area contributed by atoms with Gasteiger partial charge in [0.05, 0.1) is 5.52 Å². The van der Waals surface area contributed by atoms with Gasteiger partial charge >= 0.3 is 0 Å². The van der Waals surface area contributed by atoms with Crippen molar-refractivity contribution in [2.24, 2.45) is 10.9 Å². The number of aromatic nitrogens is 1. The molecule has 0 amide bonds. The number of fused-ring (bicyclic) bond motifs is 1. The van der Waals surface area contributed by atoms with Gasteiger partial charge in [-0.1, -0.05) is 29.4 Å². The summed E-state index contributed by atoms with van der Waals surface area (Å²) < 4.78 is 5.70. The predicted molar refractivity (Wildman–Crippen MR) is 82.9 cm³/mol. The number of amidine groups is 1. The molecule has 0 saturated carbocycles. The fourth-order valence-electron chi connectivity index (χ4n) is 2.03. The van der Waals surface area contributed by atoms with Crippen LogP contribution in [0.3, 0.4) is 0 Å². The van der Waals surface area contributed by atoms with Crippen molar-refractivity contribution >= 4 is 28.1 Å². The average molecular weight is 299 g/mol. The number of nitrogens with two attached hydrogens (primary N) is 1. The van der Waals surface area contributed by atoms with Gasteiger partial charge in [-0.05, 0) is 17.5 Å². The second-order valence-electron chi connectivity index (χ2n) is 4.38. The van der Waals surface area contributed by atoms with Gasteiger partial charge in [0, 0.05) is 21.9 Å². The molecule has 0 aliphatic rings. The summed E-state index contributed by atoms with van der Waals surface area (Å²) in [5.74, 6) is 0.485. The SMILES string of the molecule is NC(=NO)c1cc(OCc2cccs2)nc2ccccc12. The van der Waals surface area contributed by atoms with Crippen LogP contribution in [-0.2, 0) is 6.61 Å². The molecular weight excluding hydrogens is 286 g/mol. The molecule has 0 bridgehead atoms. The van der Waals surface area contributed by atoms with E-state index in [1.807, 2.05) is 41.8 Å². The number of benzene rings is 1. The molecule has 0 atom stereocenters. The molecule has 106 valence electrons. The lowest BCUT2D eigenvalue weighted by molar-refractivity contribution is 0.298. The second kappa shape index (κ2) is 5.80. The highest BCUT2D eigenvalue weighted by Gasteiger charge is 2.10. The van der Waals surface area contributed by atoms with Crippen molar-refractivity contribution in [1.29, 1.82) is 0 Å². The summed E-state index contributed by atoms with van der Waals surface area (Å²) in [7, 11) is 0. The third kappa shape index (κ3) is 2.80. The minimum Gasteiger partial charge on any atom is -0.472 e. The lowest BCUT2D eigenvalue weighted by Gasteiger charge is -2.09. The molecule has 3 N–H and O–H groups in total. The van der Waals surface area contributed by atoms with Crippen LogP contribution in [0.4, 0.5) is 0 Å². The average Bonchev–Trinajstić information content (AvgIpc) is 3.04. The fraction of sp³-hybridized carbons (Fsp3) is 0.0667. The van der Waals surface area contributed by atoms with Gasteiger partial charge in [0.1, 0.15) is 6.61 Å². The first-order valence-electron chi connectivity index (χ1n) is 6.31. The van der Waals surface area contributed by atoms with E-state index in [1.54, 1.807) is 17.4 Å². The Morgan fingerprint density at radius 2 is 2.14 bits per heavy atom. The van der Waals surface area contributed by atoms with Crippen LogP contribution >= 0.6 is 11.3 Å². The van der Waals surface area contributed by atoms with Crippen molar-refractivity contribution in [3.63, 3.8) is 0 Å². The molecule has 5 nitrogen and oxygen atoms in total. The Balaban J connectivity index is 1.99. The summed E-state index contributed by atoms with van der Waals surface area (Å²) in [5, 5.41) is 14.8. The van der Waals surface area contributed by atoms with E-state index in [4.69, 9.17) is 15.7 Å². The molecule has 0 aliphatic heterocycles. The number of thiophene rings is 1. The fourth-order valence-corrected chi connectivity index (χ4v) is 2.65. The Kier molecular flexibility index (Phi) is 3.70. The number of oxime groups is 1. The third-order valence-electron chi connectivity index (χ3n) is 3.02. The molecule has 0 aliphatic carbocycles. The number of hydrogen-bond donors (Lipinski definition) is 2. The van der Waals surface area contributed by atoms with Crippen molar-refractivity contribution in [2.45, 2.75) is 6.61 Å². The number of hydrogen-bond acceptors (Lipinski definition) is 5. The maximum Gasteiger partial charge on any atom is 0.214 e. The van der Waals surface area contributed by atoms with Gasteiger partial charge in [0.2, 0.25) is 5.88 Å². The summed E-state index contributed by atoms with van der Waals surface area (Å²) in [6, 6.07) is 13.2. The minimum absolute atomic E-state index is 0.0366. The minimum atomic E-state index is 0.0366. The van der Waals surface area contributed by atoms with E-state index in [2.05, 4.69) is 10.1 Å². The molecular formula is C15H13N3O2S. The first kappa shape index (κ1) is 13.4. The van der Waals surface area contributed by atoms with Crippen LogP contribution in [0, 0.1) is 0 Å². The van der Waals surface area contributed by atoms with Crippen LogP contribution in [0.15, 0.2) is 53.0 Å². The van der Waals surface area contributed by atoms with Gasteiger partial charge in [-0.3, -0.25) is 0 Å². The Hall–Kier alpha value is -2.60. The molecule has 3 rings (SSSR count). The zero-order chi connectivity index (χ0) is 14.7. The van der Waals surface area contributed by atoms with Gasteiger partial charge in [0.15, 0.2) is 5.84 Å². The predicted octanol–water partition coefficient (Wildman–Crippen LogP) is 2.97. The smallest absolute Gasteiger partial charge is 0.214 e. The highest BCUT2D eigenvalue weighted by molar-refractivity contribution is 7.09. The standard InChI is InChI=1S/C15H13N3O2S/c16-15(18-19)12-8-14(20-9-10-4-3-7-21-10)17-13-6-2-1-5-11(12)13/h1-8,19H,9H2,(H2,16,18). The van der Waals surface area contributed by atoms with Crippen molar-refractivity contribution in [2.75, 3.05) is 0 Å². The maximum absolute atomic E-state index is 8.92. The highest BCUT2D eigenvalue weighted by Crippen LogP contribution is 2.23. The van der Waals surface area contributed by atoms with Gasteiger partial charge in [-0.2, -0.15) is 0 Å². The van der Waals surface area contributed by atoms with Gasteiger partial charge in [0.25, 0.3) is 0 Å². The van der Waals surface area contributed by atoms with Crippen LogP contribution in [0.1, 0.15) is 10.4 Å². The van der Waals surface area contributed by atoms with Gasteiger partial charge < -0.3 is 15.7 Å². The molecule has 1 aromatic carbocycles. The summed E-state index contributed by atoms with van der Waals surface area (Å²) in [5.41, 5.74) is 7.08. The Bertz CT molecular complexity index is 785. The van der Waals surface area contributed by atoms with Gasteiger partial charge in [-0.25, -0.2) is 4.98 Å². The molecule has 0 saturated heterocycles. The maximum atomic E-state index is 8.92. The number of para-hydroxylation sites is 1. The third-order valence-corrected chi connectivity index (χ3v) is 3.87. The molecule has 2 aromatic heterocycles. The number of ether oxygens (including phenoxy) is 1. The quantitative estimate of drug-likeness (QED) is 0.336. The van der Waals surface area contributed by atoms with Gasteiger partial charge in [-0.15, -0.1) is 11.3 Å². The number of nitrogens with zero attached hydrogens (tertiary/aromatic N) is 2. The van der Waals surface area contributed by atoms with Crippen molar-refractivity contribution in [1.82, 2.24) is 4.98 Å². The van der Waals surface area contributed by atoms with Crippen molar-refractivity contribution < 1.29 is 9.94 Å². The molecule has 2 heterocycles. The van der Waals surface area contributed by atoms with E-state index in [0.717, 1.165) is 15.8 Å². The summed E-state index contributed by atoms with van der Waals surface area (Å²) in [4.78, 5) is 5.55. The van der Waals surface area contributed by atoms with Crippen LogP contribution in [0.2, 0.25) is 0 Å². The second-order valence-corrected chi connectivity index (χ2v) is 5.41. The van der Waals surface area contributed by atoms with E-state index in [-0.39, 0.29) is 5.84 Å². The van der Waals surface area contributed by atoms with E-state index < -0.39 is 0 Å². The molecule has 6 heteroatoms. The lowest BCUT2D eigenvalue weighted by Crippen LogP contribution is -2.14. The van der Waals surface area contributed by atoms with Crippen LogP contribution in [0.25, 0.3) is 10.9 Å². The summed E-state index contributed by atoms with van der Waals surface area (Å²) >= 11 is 1.62. The number of pyridine rings is 1. The van der Waals surface area contributed by atoms with E-state index >= 15 is 0 Å². The van der Waals surface area contributed by atoms with E-state index in [1.165, 1.54) is 0 Å². The molecule has 3 aromatic rings. The van der Waals surface area contributed by atoms with Crippen LogP contribution in [0.5, 0.6) is 5.88 Å². The first-order chi connectivity index (χ1) is 10.3. The summed E-state index contributed by atoms with van der Waals surface area (Å²) in [6.07, 6.45) is 0. The topological polar surface area (TPSA) is 80.7 Å². The highest BCUT2D eigenvalue weighted by atomic mass is 32.1. The zero-order valence-corrected chi connectivity index (χ0v) is 11.9. The van der Waals surface area contributed by atoms with E-state index in [9.17, 15) is 0 Å². The lowest BCUT2D eigenvalue weighted by atomic mass is 10.1. The molecule has 0 radical (unpaired) electrons.